The summed E-state index contributed by atoms with van der Waals surface area (Å²) in [7, 11) is -3.72. The molecule has 104 valence electrons. The summed E-state index contributed by atoms with van der Waals surface area (Å²) >= 11 is 0. The molecule has 8 heteroatoms. The molecule has 0 spiro atoms. The van der Waals surface area contributed by atoms with Gasteiger partial charge in [-0.2, -0.15) is 8.42 Å². The highest BCUT2D eigenvalue weighted by atomic mass is 32.2. The number of benzene rings is 1. The normalized spacial score (nSPS) is 14.3. The molecule has 1 aliphatic heterocycles. The van der Waals surface area contributed by atoms with E-state index in [1.54, 1.807) is 0 Å². The van der Waals surface area contributed by atoms with Crippen molar-refractivity contribution in [3.63, 3.8) is 0 Å². The summed E-state index contributed by atoms with van der Waals surface area (Å²) in [4.78, 5) is 17.3. The number of aromatic nitrogens is 2. The molecule has 0 saturated heterocycles. The molecule has 0 unspecified atom stereocenters. The van der Waals surface area contributed by atoms with Crippen molar-refractivity contribution in [3.05, 3.63) is 41.7 Å². The Labute approximate surface area is 114 Å². The Bertz CT molecular complexity index is 768. The first-order valence-electron chi connectivity index (χ1n) is 5.88. The number of hydrogen-bond acceptors (Lipinski definition) is 4. The van der Waals surface area contributed by atoms with Crippen LogP contribution in [0.4, 0.5) is 5.69 Å². The fourth-order valence-corrected chi connectivity index (χ4v) is 3.64. The van der Waals surface area contributed by atoms with Gasteiger partial charge in [0.25, 0.3) is 10.0 Å². The van der Waals surface area contributed by atoms with Crippen molar-refractivity contribution in [1.29, 1.82) is 0 Å². The Morgan fingerprint density at radius 2 is 2.20 bits per heavy atom. The fourth-order valence-electron chi connectivity index (χ4n) is 2.25. The number of aromatic carboxylic acids is 1. The van der Waals surface area contributed by atoms with Gasteiger partial charge in [0.2, 0.25) is 5.16 Å². The van der Waals surface area contributed by atoms with Gasteiger partial charge in [-0.25, -0.2) is 9.78 Å². The molecule has 20 heavy (non-hydrogen) atoms. The van der Waals surface area contributed by atoms with E-state index in [1.165, 1.54) is 34.9 Å². The number of hydrogen-bond donors (Lipinski definition) is 2. The van der Waals surface area contributed by atoms with Crippen LogP contribution in [0.15, 0.2) is 35.7 Å². The van der Waals surface area contributed by atoms with Crippen LogP contribution in [-0.2, 0) is 16.4 Å². The van der Waals surface area contributed by atoms with Crippen LogP contribution in [0.1, 0.15) is 15.9 Å². The fraction of sp³-hybridized carbons (Fsp3) is 0.167. The minimum atomic E-state index is -3.72. The molecule has 0 bridgehead atoms. The van der Waals surface area contributed by atoms with Gasteiger partial charge in [0.15, 0.2) is 0 Å². The van der Waals surface area contributed by atoms with Gasteiger partial charge in [-0.1, -0.05) is 0 Å². The molecule has 2 heterocycles. The quantitative estimate of drug-likeness (QED) is 0.873. The predicted octanol–water partition coefficient (Wildman–Crippen LogP) is 0.859. The molecule has 3 rings (SSSR count). The van der Waals surface area contributed by atoms with E-state index in [2.05, 4.69) is 9.97 Å². The average molecular weight is 293 g/mol. The van der Waals surface area contributed by atoms with Crippen molar-refractivity contribution in [2.75, 3.05) is 10.8 Å². The molecular weight excluding hydrogens is 282 g/mol. The second-order valence-corrected chi connectivity index (χ2v) is 6.15. The molecule has 0 radical (unpaired) electrons. The van der Waals surface area contributed by atoms with Crippen LogP contribution in [0.2, 0.25) is 0 Å². The summed E-state index contributed by atoms with van der Waals surface area (Å²) in [5.41, 5.74) is 1.37. The largest absolute Gasteiger partial charge is 0.478 e. The minimum Gasteiger partial charge on any atom is -0.478 e. The zero-order chi connectivity index (χ0) is 14.3. The molecule has 0 atom stereocenters. The minimum absolute atomic E-state index is 0.118. The van der Waals surface area contributed by atoms with Gasteiger partial charge in [-0.05, 0) is 30.2 Å². The number of sulfonamides is 1. The molecule has 2 aromatic rings. The molecule has 0 fully saturated rings. The Morgan fingerprint density at radius 1 is 1.40 bits per heavy atom. The average Bonchev–Trinajstić information content (AvgIpc) is 3.07. The van der Waals surface area contributed by atoms with Crippen molar-refractivity contribution in [2.45, 2.75) is 11.6 Å². The lowest BCUT2D eigenvalue weighted by Crippen LogP contribution is -2.29. The number of nitrogens with one attached hydrogen (secondary N) is 1. The number of anilines is 1. The lowest BCUT2D eigenvalue weighted by atomic mass is 10.1. The van der Waals surface area contributed by atoms with E-state index in [-0.39, 0.29) is 17.3 Å². The number of rotatable bonds is 3. The molecular formula is C12H11N3O4S. The molecule has 0 amide bonds. The third kappa shape index (κ3) is 1.85. The molecule has 0 aliphatic carbocycles. The number of H-pyrrole nitrogens is 1. The smallest absolute Gasteiger partial charge is 0.335 e. The van der Waals surface area contributed by atoms with E-state index in [1.807, 2.05) is 0 Å². The Hall–Kier alpha value is -2.35. The van der Waals surface area contributed by atoms with Crippen molar-refractivity contribution in [1.82, 2.24) is 9.97 Å². The van der Waals surface area contributed by atoms with E-state index in [0.29, 0.717) is 17.7 Å². The van der Waals surface area contributed by atoms with Crippen LogP contribution < -0.4 is 4.31 Å². The number of carbonyl (C=O) groups is 1. The topological polar surface area (TPSA) is 103 Å². The summed E-state index contributed by atoms with van der Waals surface area (Å²) < 4.78 is 26.0. The zero-order valence-electron chi connectivity index (χ0n) is 10.3. The third-order valence-corrected chi connectivity index (χ3v) is 4.86. The maximum atomic E-state index is 12.4. The van der Waals surface area contributed by atoms with Crippen molar-refractivity contribution >= 4 is 21.7 Å². The Balaban J connectivity index is 2.04. The molecule has 7 nitrogen and oxygen atoms in total. The Kier molecular flexibility index (Phi) is 2.75. The van der Waals surface area contributed by atoms with Gasteiger partial charge in [0.05, 0.1) is 11.3 Å². The lowest BCUT2D eigenvalue weighted by molar-refractivity contribution is 0.0697. The predicted molar refractivity (Wildman–Crippen MR) is 70.2 cm³/mol. The van der Waals surface area contributed by atoms with Crippen LogP contribution in [-0.4, -0.2) is 36.0 Å². The van der Waals surface area contributed by atoms with E-state index >= 15 is 0 Å². The SMILES string of the molecule is O=C(O)c1ccc2c(c1)CCN2S(=O)(=O)c1ncc[nH]1. The second kappa shape index (κ2) is 4.34. The first-order valence-corrected chi connectivity index (χ1v) is 7.32. The van der Waals surface area contributed by atoms with Gasteiger partial charge in [0, 0.05) is 18.9 Å². The number of fused-ring (bicyclic) bond motifs is 1. The van der Waals surface area contributed by atoms with Gasteiger partial charge >= 0.3 is 5.97 Å². The van der Waals surface area contributed by atoms with Crippen molar-refractivity contribution in [3.8, 4) is 0 Å². The van der Waals surface area contributed by atoms with Crippen molar-refractivity contribution in [2.24, 2.45) is 0 Å². The number of carboxylic acid groups (broad SMARTS) is 1. The first-order chi connectivity index (χ1) is 9.50. The second-order valence-electron chi connectivity index (χ2n) is 4.37. The standard InChI is InChI=1S/C12H11N3O4S/c16-11(17)9-1-2-10-8(7-9)3-6-15(10)20(18,19)12-13-4-5-14-12/h1-2,4-5,7H,3,6H2,(H,13,14)(H,16,17). The lowest BCUT2D eigenvalue weighted by Gasteiger charge is -2.17. The number of aromatic amines is 1. The van der Waals surface area contributed by atoms with Crippen LogP contribution in [0.5, 0.6) is 0 Å². The first kappa shape index (κ1) is 12.7. The van der Waals surface area contributed by atoms with E-state index in [0.717, 1.165) is 0 Å². The summed E-state index contributed by atoms with van der Waals surface area (Å²) in [5, 5.41) is 8.83. The van der Waals surface area contributed by atoms with E-state index in [9.17, 15) is 13.2 Å². The highest BCUT2D eigenvalue weighted by molar-refractivity contribution is 7.92. The van der Waals surface area contributed by atoms with E-state index in [4.69, 9.17) is 5.11 Å². The molecule has 2 N–H and O–H groups in total. The summed E-state index contributed by atoms with van der Waals surface area (Å²) in [6.45, 7) is 0.279. The number of imidazole rings is 1. The molecule has 0 saturated carbocycles. The summed E-state index contributed by atoms with van der Waals surface area (Å²) in [6, 6.07) is 4.43. The summed E-state index contributed by atoms with van der Waals surface area (Å²) in [5.74, 6) is -1.03. The van der Waals surface area contributed by atoms with Gasteiger partial charge in [-0.15, -0.1) is 0 Å². The maximum absolute atomic E-state index is 12.4. The monoisotopic (exact) mass is 293 g/mol. The van der Waals surface area contributed by atoms with Crippen LogP contribution in [0.25, 0.3) is 0 Å². The molecule has 1 aliphatic rings. The number of carboxylic acids is 1. The molecule has 1 aromatic carbocycles. The molecule has 1 aromatic heterocycles. The zero-order valence-corrected chi connectivity index (χ0v) is 11.1. The summed E-state index contributed by atoms with van der Waals surface area (Å²) in [6.07, 6.45) is 3.30. The highest BCUT2D eigenvalue weighted by Crippen LogP contribution is 2.32. The van der Waals surface area contributed by atoms with Gasteiger partial charge in [-0.3, -0.25) is 4.31 Å². The van der Waals surface area contributed by atoms with Crippen LogP contribution in [0, 0.1) is 0 Å². The van der Waals surface area contributed by atoms with Crippen molar-refractivity contribution < 1.29 is 18.3 Å². The van der Waals surface area contributed by atoms with Gasteiger partial charge in [0.1, 0.15) is 0 Å². The maximum Gasteiger partial charge on any atom is 0.335 e. The Morgan fingerprint density at radius 3 is 2.85 bits per heavy atom. The van der Waals surface area contributed by atoms with Crippen LogP contribution in [0.3, 0.4) is 0 Å². The van der Waals surface area contributed by atoms with E-state index < -0.39 is 16.0 Å². The van der Waals surface area contributed by atoms with Crippen LogP contribution >= 0.6 is 0 Å². The number of nitrogens with zero attached hydrogens (tertiary/aromatic N) is 2. The van der Waals surface area contributed by atoms with Gasteiger partial charge < -0.3 is 10.1 Å². The third-order valence-electron chi connectivity index (χ3n) is 3.19. The highest BCUT2D eigenvalue weighted by Gasteiger charge is 2.32.